The van der Waals surface area contributed by atoms with Crippen molar-refractivity contribution < 1.29 is 4.79 Å². The Morgan fingerprint density at radius 2 is 1.83 bits per heavy atom. The molecule has 0 aliphatic rings. The van der Waals surface area contributed by atoms with Crippen LogP contribution in [0, 0.1) is 0 Å². The van der Waals surface area contributed by atoms with Crippen molar-refractivity contribution in [1.29, 1.82) is 0 Å². The van der Waals surface area contributed by atoms with Gasteiger partial charge >= 0.3 is 0 Å². The molecule has 1 aromatic heterocycles. The van der Waals surface area contributed by atoms with E-state index in [9.17, 15) is 4.79 Å². The summed E-state index contributed by atoms with van der Waals surface area (Å²) in [6.07, 6.45) is 2.09. The van der Waals surface area contributed by atoms with Crippen LogP contribution in [0.3, 0.4) is 0 Å². The van der Waals surface area contributed by atoms with E-state index in [-0.39, 0.29) is 5.78 Å². The van der Waals surface area contributed by atoms with Crippen LogP contribution in [0.25, 0.3) is 0 Å². The Morgan fingerprint density at radius 1 is 1.11 bits per heavy atom. The number of halogens is 1. The summed E-state index contributed by atoms with van der Waals surface area (Å²) in [5.41, 5.74) is 1.06. The van der Waals surface area contributed by atoms with Crippen LogP contribution in [0.5, 0.6) is 0 Å². The minimum atomic E-state index is 0.270. The van der Waals surface area contributed by atoms with E-state index in [0.29, 0.717) is 12.8 Å². The highest BCUT2D eigenvalue weighted by Crippen LogP contribution is 2.20. The summed E-state index contributed by atoms with van der Waals surface area (Å²) in [6.45, 7) is 2.14. The van der Waals surface area contributed by atoms with Gasteiger partial charge < -0.3 is 0 Å². The predicted octanol–water partition coefficient (Wildman–Crippen LogP) is 4.43. The molecule has 3 heteroatoms. The van der Waals surface area contributed by atoms with Gasteiger partial charge in [-0.05, 0) is 30.2 Å². The van der Waals surface area contributed by atoms with Crippen molar-refractivity contribution in [2.75, 3.05) is 0 Å². The third-order valence-corrected chi connectivity index (χ3v) is 4.79. The largest absolute Gasteiger partial charge is 0.299 e. The number of carbonyl (C=O) groups is 1. The van der Waals surface area contributed by atoms with Gasteiger partial charge in [0, 0.05) is 27.1 Å². The summed E-state index contributed by atoms with van der Waals surface area (Å²) in [4.78, 5) is 14.5. The molecule has 0 saturated carbocycles. The quantitative estimate of drug-likeness (QED) is 0.796. The molecule has 0 spiro atoms. The van der Waals surface area contributed by atoms with E-state index in [1.807, 2.05) is 24.3 Å². The molecule has 18 heavy (non-hydrogen) atoms. The molecule has 1 nitrogen and oxygen atoms in total. The maximum absolute atomic E-state index is 12.0. The molecular weight excluding hydrogens is 308 g/mol. The molecule has 2 aromatic rings. The van der Waals surface area contributed by atoms with Gasteiger partial charge in [0.2, 0.25) is 0 Å². The summed E-state index contributed by atoms with van der Waals surface area (Å²) in [5.74, 6) is 0.270. The van der Waals surface area contributed by atoms with E-state index in [0.717, 1.165) is 16.5 Å². The van der Waals surface area contributed by atoms with Gasteiger partial charge in [-0.15, -0.1) is 11.3 Å². The first-order valence-electron chi connectivity index (χ1n) is 6.01. The predicted molar refractivity (Wildman–Crippen MR) is 80.3 cm³/mol. The van der Waals surface area contributed by atoms with Crippen molar-refractivity contribution in [3.63, 3.8) is 0 Å². The Balaban J connectivity index is 1.99. The second-order valence-electron chi connectivity index (χ2n) is 4.21. The highest BCUT2D eigenvalue weighted by Gasteiger charge is 2.09. The molecular formula is C15H15BrOS. The Kier molecular flexibility index (Phi) is 4.72. The lowest BCUT2D eigenvalue weighted by Gasteiger charge is -2.02. The minimum Gasteiger partial charge on any atom is -0.299 e. The van der Waals surface area contributed by atoms with Crippen LogP contribution in [0.2, 0.25) is 0 Å². The first-order valence-corrected chi connectivity index (χ1v) is 7.62. The van der Waals surface area contributed by atoms with Crippen molar-refractivity contribution >= 4 is 33.0 Å². The fourth-order valence-electron chi connectivity index (χ4n) is 1.82. The topological polar surface area (TPSA) is 17.1 Å². The molecule has 0 bridgehead atoms. The van der Waals surface area contributed by atoms with Gasteiger partial charge in [-0.25, -0.2) is 0 Å². The second-order valence-corrected chi connectivity index (χ2v) is 6.31. The second kappa shape index (κ2) is 6.30. The third-order valence-electron chi connectivity index (χ3n) is 2.78. The zero-order chi connectivity index (χ0) is 13.0. The van der Waals surface area contributed by atoms with E-state index in [2.05, 4.69) is 35.0 Å². The number of Topliss-reactive ketones (excluding diaryl/α,β-unsaturated/α-hetero) is 1. The molecule has 2 rings (SSSR count). The molecule has 94 valence electrons. The first-order chi connectivity index (χ1) is 8.69. The summed E-state index contributed by atoms with van der Waals surface area (Å²) in [7, 11) is 0. The van der Waals surface area contributed by atoms with E-state index >= 15 is 0 Å². The zero-order valence-corrected chi connectivity index (χ0v) is 12.7. The van der Waals surface area contributed by atoms with Crippen LogP contribution in [-0.2, 0) is 24.1 Å². The number of carbonyl (C=O) groups excluding carboxylic acids is 1. The lowest BCUT2D eigenvalue weighted by molar-refractivity contribution is -0.117. The van der Waals surface area contributed by atoms with E-state index in [4.69, 9.17) is 0 Å². The Morgan fingerprint density at radius 3 is 2.50 bits per heavy atom. The van der Waals surface area contributed by atoms with Gasteiger partial charge in [0.15, 0.2) is 0 Å². The summed E-state index contributed by atoms with van der Waals surface area (Å²) >= 11 is 5.22. The Hall–Kier alpha value is -0.930. The highest BCUT2D eigenvalue weighted by atomic mass is 79.9. The molecule has 0 aliphatic carbocycles. The average Bonchev–Trinajstić information content (AvgIpc) is 2.80. The van der Waals surface area contributed by atoms with Crippen LogP contribution in [0.4, 0.5) is 0 Å². The van der Waals surface area contributed by atoms with Gasteiger partial charge in [-0.1, -0.05) is 41.1 Å². The van der Waals surface area contributed by atoms with E-state index in [1.54, 1.807) is 11.3 Å². The number of rotatable bonds is 5. The minimum absolute atomic E-state index is 0.270. The molecule has 0 saturated heterocycles. The lowest BCUT2D eigenvalue weighted by Crippen LogP contribution is -2.05. The van der Waals surface area contributed by atoms with Crippen molar-refractivity contribution in [3.05, 3.63) is 56.2 Å². The maximum atomic E-state index is 12.0. The monoisotopic (exact) mass is 322 g/mol. The van der Waals surface area contributed by atoms with Crippen LogP contribution < -0.4 is 0 Å². The summed E-state index contributed by atoms with van der Waals surface area (Å²) in [6, 6.07) is 12.1. The normalized spacial score (nSPS) is 10.6. The first kappa shape index (κ1) is 13.5. The number of hydrogen-bond acceptors (Lipinski definition) is 2. The van der Waals surface area contributed by atoms with Gasteiger partial charge in [0.25, 0.3) is 0 Å². The van der Waals surface area contributed by atoms with E-state index in [1.165, 1.54) is 9.75 Å². The summed E-state index contributed by atoms with van der Waals surface area (Å²) in [5, 5.41) is 0. The van der Waals surface area contributed by atoms with Crippen molar-refractivity contribution in [3.8, 4) is 0 Å². The van der Waals surface area contributed by atoms with Gasteiger partial charge in [0.05, 0.1) is 0 Å². The van der Waals surface area contributed by atoms with Crippen LogP contribution in [0.15, 0.2) is 40.9 Å². The van der Waals surface area contributed by atoms with Crippen LogP contribution in [-0.4, -0.2) is 5.78 Å². The fraction of sp³-hybridized carbons (Fsp3) is 0.267. The molecule has 0 amide bonds. The molecule has 1 aromatic carbocycles. The zero-order valence-electron chi connectivity index (χ0n) is 10.3. The van der Waals surface area contributed by atoms with Crippen LogP contribution >= 0.6 is 27.3 Å². The number of hydrogen-bond donors (Lipinski definition) is 0. The molecule has 0 radical (unpaired) electrons. The fourth-order valence-corrected chi connectivity index (χ4v) is 3.23. The molecule has 1 heterocycles. The summed E-state index contributed by atoms with van der Waals surface area (Å²) < 4.78 is 1.01. The molecule has 0 fully saturated rings. The number of ketones is 1. The molecule has 0 atom stereocenters. The smallest absolute Gasteiger partial charge is 0.142 e. The number of aryl methyl sites for hydroxylation is 1. The third kappa shape index (κ3) is 3.53. The van der Waals surface area contributed by atoms with Gasteiger partial charge in [-0.3, -0.25) is 4.79 Å². The molecule has 0 aliphatic heterocycles. The number of benzene rings is 1. The van der Waals surface area contributed by atoms with Crippen molar-refractivity contribution in [1.82, 2.24) is 0 Å². The van der Waals surface area contributed by atoms with Crippen LogP contribution in [0.1, 0.15) is 22.2 Å². The number of thiophene rings is 1. The standard InChI is InChI=1S/C15H15BrOS/c1-2-13-7-8-14(18-13)10-12(17)9-11-5-3-4-6-15(11)16/h3-8H,2,9-10H2,1H3. The van der Waals surface area contributed by atoms with E-state index < -0.39 is 0 Å². The van der Waals surface area contributed by atoms with Gasteiger partial charge in [-0.2, -0.15) is 0 Å². The van der Waals surface area contributed by atoms with Crippen molar-refractivity contribution in [2.24, 2.45) is 0 Å². The SMILES string of the molecule is CCc1ccc(CC(=O)Cc2ccccc2Br)s1. The maximum Gasteiger partial charge on any atom is 0.142 e. The lowest BCUT2D eigenvalue weighted by atomic mass is 10.1. The van der Waals surface area contributed by atoms with Crippen molar-refractivity contribution in [2.45, 2.75) is 26.2 Å². The Labute approximate surface area is 120 Å². The highest BCUT2D eigenvalue weighted by molar-refractivity contribution is 9.10. The molecule has 0 N–H and O–H groups in total. The molecule has 0 unspecified atom stereocenters. The Bertz CT molecular complexity index is 545. The average molecular weight is 323 g/mol. The van der Waals surface area contributed by atoms with Gasteiger partial charge in [0.1, 0.15) is 5.78 Å².